The van der Waals surface area contributed by atoms with Crippen molar-refractivity contribution in [1.29, 1.82) is 0 Å². The summed E-state index contributed by atoms with van der Waals surface area (Å²) in [6.45, 7) is 0. The molecule has 0 aromatic heterocycles. The molecule has 1 nitrogen and oxygen atoms in total. The number of rotatable bonds is 1. The Labute approximate surface area is 102 Å². The molecule has 1 radical (unpaired) electrons. The number of hydrogen-bond acceptors (Lipinski definition) is 1. The molecule has 2 rings (SSSR count). The second-order valence-electron chi connectivity index (χ2n) is 2.61. The van der Waals surface area contributed by atoms with Crippen LogP contribution in [0.25, 0.3) is 10.8 Å². The van der Waals surface area contributed by atoms with Gasteiger partial charge >= 0.3 is 0 Å². The summed E-state index contributed by atoms with van der Waals surface area (Å²) in [6, 6.07) is 14.2. The van der Waals surface area contributed by atoms with Gasteiger partial charge in [-0.15, -0.1) is 16.8 Å². The van der Waals surface area contributed by atoms with Gasteiger partial charge in [-0.2, -0.15) is 24.3 Å². The van der Waals surface area contributed by atoms with E-state index >= 15 is 0 Å². The fourth-order valence-electron chi connectivity index (χ4n) is 1.29. The maximum Gasteiger partial charge on any atom is 0.148 e. The minimum atomic E-state index is 0. The number of fused-ring (bicyclic) bond motifs is 1. The molecule has 0 bridgehead atoms. The van der Waals surface area contributed by atoms with Crippen LogP contribution in [0.2, 0.25) is 0 Å². The molecule has 0 aliphatic rings. The summed E-state index contributed by atoms with van der Waals surface area (Å²) in [5, 5.41) is 2.05. The minimum absolute atomic E-state index is 0. The molecule has 2 aromatic rings. The van der Waals surface area contributed by atoms with Crippen LogP contribution in [0.4, 0.5) is 0 Å². The normalized spacial score (nSPS) is 9.23. The fourth-order valence-corrected chi connectivity index (χ4v) is 1.29. The van der Waals surface area contributed by atoms with Gasteiger partial charge in [0.05, 0.1) is 0 Å². The largest absolute Gasteiger partial charge is 0.298 e. The number of benzene rings is 2. The first-order valence-corrected chi connectivity index (χ1v) is 3.76. The maximum atomic E-state index is 10.6. The Bertz CT molecular complexity index is 418. The predicted molar refractivity (Wildman–Crippen MR) is 48.2 cm³/mol. The van der Waals surface area contributed by atoms with Crippen molar-refractivity contribution in [2.24, 2.45) is 0 Å². The second-order valence-corrected chi connectivity index (χ2v) is 2.61. The maximum absolute atomic E-state index is 10.6. The Kier molecular flexibility index (Phi) is 3.77. The quantitative estimate of drug-likeness (QED) is 0.556. The van der Waals surface area contributed by atoms with Gasteiger partial charge < -0.3 is 0 Å². The first-order chi connectivity index (χ1) is 5.92. The Morgan fingerprint density at radius 3 is 2.85 bits per heavy atom. The summed E-state index contributed by atoms with van der Waals surface area (Å²) in [6.07, 6.45) is 0.877. The van der Waals surface area contributed by atoms with Crippen molar-refractivity contribution in [3.63, 3.8) is 0 Å². The van der Waals surface area contributed by atoms with Crippen molar-refractivity contribution in [3.05, 3.63) is 48.0 Å². The molecule has 0 spiro atoms. The van der Waals surface area contributed by atoms with Crippen LogP contribution in [0, 0.1) is 6.07 Å². The van der Waals surface area contributed by atoms with Crippen LogP contribution < -0.4 is 0 Å². The van der Waals surface area contributed by atoms with Gasteiger partial charge in [-0.25, -0.2) is 0 Å². The SMILES string of the molecule is O=Cc1cccc2c[c-]ccc12.[Y]. The molecular formula is C11H7OY-. The zero-order valence-corrected chi connectivity index (χ0v) is 9.87. The Balaban J connectivity index is 0.000000845. The van der Waals surface area contributed by atoms with Crippen molar-refractivity contribution in [3.8, 4) is 0 Å². The van der Waals surface area contributed by atoms with E-state index in [4.69, 9.17) is 0 Å². The molecule has 0 aliphatic heterocycles. The topological polar surface area (TPSA) is 17.1 Å². The minimum Gasteiger partial charge on any atom is -0.298 e. The van der Waals surface area contributed by atoms with Crippen molar-refractivity contribution in [2.45, 2.75) is 0 Å². The standard InChI is InChI=1S/C11H7O.Y/c12-8-10-6-3-5-9-4-1-2-7-11(9)10;/h2-8H;/q-1;. The third-order valence-electron chi connectivity index (χ3n) is 1.89. The van der Waals surface area contributed by atoms with E-state index < -0.39 is 0 Å². The molecule has 0 fully saturated rings. The van der Waals surface area contributed by atoms with Gasteiger partial charge in [0.15, 0.2) is 0 Å². The van der Waals surface area contributed by atoms with Crippen LogP contribution in [-0.4, -0.2) is 6.29 Å². The van der Waals surface area contributed by atoms with E-state index in [0.29, 0.717) is 0 Å². The molecule has 2 heteroatoms. The monoisotopic (exact) mass is 244 g/mol. The van der Waals surface area contributed by atoms with Crippen LogP contribution in [-0.2, 0) is 32.7 Å². The molecule has 0 saturated heterocycles. The number of aldehydes is 1. The van der Waals surface area contributed by atoms with Gasteiger partial charge in [-0.05, 0) is 5.56 Å². The van der Waals surface area contributed by atoms with E-state index in [-0.39, 0.29) is 32.7 Å². The molecular weight excluding hydrogens is 237 g/mol. The van der Waals surface area contributed by atoms with E-state index in [2.05, 4.69) is 6.07 Å². The van der Waals surface area contributed by atoms with Crippen LogP contribution in [0.1, 0.15) is 10.4 Å². The molecule has 0 amide bonds. The van der Waals surface area contributed by atoms with Crippen molar-refractivity contribution >= 4 is 17.1 Å². The third-order valence-corrected chi connectivity index (χ3v) is 1.89. The summed E-state index contributed by atoms with van der Waals surface area (Å²) in [5.41, 5.74) is 0.738. The van der Waals surface area contributed by atoms with Crippen molar-refractivity contribution < 1.29 is 37.5 Å². The molecule has 0 N–H and O–H groups in total. The summed E-state index contributed by atoms with van der Waals surface area (Å²) in [5.74, 6) is 0. The third kappa shape index (κ3) is 2.04. The average molecular weight is 244 g/mol. The van der Waals surface area contributed by atoms with E-state index in [1.54, 1.807) is 0 Å². The molecule has 2 aromatic carbocycles. The van der Waals surface area contributed by atoms with E-state index in [0.717, 1.165) is 22.6 Å². The molecule has 0 aliphatic carbocycles. The van der Waals surface area contributed by atoms with Crippen molar-refractivity contribution in [2.75, 3.05) is 0 Å². The molecule has 0 unspecified atom stereocenters. The smallest absolute Gasteiger partial charge is 0.148 e. The van der Waals surface area contributed by atoms with Crippen LogP contribution in [0.15, 0.2) is 36.4 Å². The van der Waals surface area contributed by atoms with Gasteiger partial charge in [0.25, 0.3) is 0 Å². The van der Waals surface area contributed by atoms with Crippen molar-refractivity contribution in [1.82, 2.24) is 0 Å². The zero-order valence-electron chi connectivity index (χ0n) is 7.03. The number of hydrogen-bond donors (Lipinski definition) is 0. The van der Waals surface area contributed by atoms with Crippen LogP contribution >= 0.6 is 0 Å². The van der Waals surface area contributed by atoms with Gasteiger partial charge in [-0.3, -0.25) is 4.79 Å². The van der Waals surface area contributed by atoms with Gasteiger partial charge in [0.1, 0.15) is 6.29 Å². The summed E-state index contributed by atoms with van der Waals surface area (Å²) in [7, 11) is 0. The Morgan fingerprint density at radius 1 is 1.23 bits per heavy atom. The van der Waals surface area contributed by atoms with E-state index in [9.17, 15) is 4.79 Å². The first-order valence-electron chi connectivity index (χ1n) is 3.76. The first kappa shape index (κ1) is 10.6. The molecule has 0 saturated carbocycles. The van der Waals surface area contributed by atoms with E-state index in [1.807, 2.05) is 36.4 Å². The summed E-state index contributed by atoms with van der Waals surface area (Å²) in [4.78, 5) is 10.6. The predicted octanol–water partition coefficient (Wildman–Crippen LogP) is 2.45. The fraction of sp³-hybridized carbons (Fsp3) is 0. The number of carbonyl (C=O) groups is 1. The van der Waals surface area contributed by atoms with Gasteiger partial charge in [-0.1, -0.05) is 12.1 Å². The molecule has 0 atom stereocenters. The summed E-state index contributed by atoms with van der Waals surface area (Å²) < 4.78 is 0. The van der Waals surface area contributed by atoms with Crippen LogP contribution in [0.3, 0.4) is 0 Å². The second kappa shape index (κ2) is 4.64. The number of carbonyl (C=O) groups excluding carboxylic acids is 1. The van der Waals surface area contributed by atoms with Gasteiger partial charge in [0, 0.05) is 32.7 Å². The Hall–Kier alpha value is -0.526. The summed E-state index contributed by atoms with van der Waals surface area (Å²) >= 11 is 0. The van der Waals surface area contributed by atoms with E-state index in [1.165, 1.54) is 0 Å². The molecule has 61 valence electrons. The zero-order chi connectivity index (χ0) is 8.39. The molecule has 13 heavy (non-hydrogen) atoms. The molecule has 0 heterocycles. The van der Waals surface area contributed by atoms with Crippen LogP contribution in [0.5, 0.6) is 0 Å². The van der Waals surface area contributed by atoms with Gasteiger partial charge in [0.2, 0.25) is 0 Å². The average Bonchev–Trinajstić information content (AvgIpc) is 2.17. The Morgan fingerprint density at radius 2 is 2.08 bits per heavy atom.